The molecule has 1 heterocycles. The number of methoxy groups -OCH3 is 1. The highest BCUT2D eigenvalue weighted by Gasteiger charge is 2.25. The Morgan fingerprint density at radius 1 is 1.56 bits per heavy atom. The quantitative estimate of drug-likeness (QED) is 0.733. The molecule has 0 spiro atoms. The summed E-state index contributed by atoms with van der Waals surface area (Å²) in [5.41, 5.74) is 0. The van der Waals surface area contributed by atoms with Crippen molar-refractivity contribution in [2.75, 3.05) is 26.8 Å². The average Bonchev–Trinajstić information content (AvgIpc) is 2.20. The monoisotopic (exact) mass is 229 g/mol. The first-order valence-corrected chi connectivity index (χ1v) is 6.04. The van der Waals surface area contributed by atoms with Crippen molar-refractivity contribution in [1.82, 2.24) is 4.90 Å². The Bertz CT molecular complexity index is 220. The molecule has 0 saturated carbocycles. The third-order valence-electron chi connectivity index (χ3n) is 3.08. The fourth-order valence-corrected chi connectivity index (χ4v) is 2.38. The molecule has 0 aromatic heterocycles. The summed E-state index contributed by atoms with van der Waals surface area (Å²) in [6.07, 6.45) is 3.58. The third-order valence-corrected chi connectivity index (χ3v) is 3.08. The van der Waals surface area contributed by atoms with Crippen molar-refractivity contribution >= 4 is 5.78 Å². The second-order valence-corrected chi connectivity index (χ2v) is 4.66. The summed E-state index contributed by atoms with van der Waals surface area (Å²) in [4.78, 5) is 13.4. The first-order chi connectivity index (χ1) is 7.63. The molecular formula is C12H23NO3. The number of carbonyl (C=O) groups excluding carboxylic acids is 1. The van der Waals surface area contributed by atoms with Crippen LogP contribution in [0.1, 0.15) is 32.6 Å². The molecule has 0 radical (unpaired) electrons. The Morgan fingerprint density at radius 2 is 2.31 bits per heavy atom. The van der Waals surface area contributed by atoms with Crippen LogP contribution in [0, 0.1) is 0 Å². The summed E-state index contributed by atoms with van der Waals surface area (Å²) < 4.78 is 4.92. The minimum atomic E-state index is -0.447. The number of ketones is 1. The molecule has 1 rings (SSSR count). The van der Waals surface area contributed by atoms with Gasteiger partial charge in [-0.25, -0.2) is 0 Å². The molecule has 0 aromatic carbocycles. The van der Waals surface area contributed by atoms with Crippen LogP contribution < -0.4 is 0 Å². The van der Waals surface area contributed by atoms with E-state index in [1.807, 2.05) is 0 Å². The number of piperidine rings is 1. The number of β-amino-alcohol motifs (C(OH)–C–C–N with tert-alkyl or cyclic N) is 1. The second kappa shape index (κ2) is 6.99. The molecule has 0 bridgehead atoms. The zero-order valence-corrected chi connectivity index (χ0v) is 10.3. The van der Waals surface area contributed by atoms with Gasteiger partial charge in [-0.15, -0.1) is 0 Å². The molecule has 1 saturated heterocycles. The van der Waals surface area contributed by atoms with E-state index in [9.17, 15) is 9.90 Å². The van der Waals surface area contributed by atoms with Crippen LogP contribution in [0.15, 0.2) is 0 Å². The minimum absolute atomic E-state index is 0.234. The lowest BCUT2D eigenvalue weighted by molar-refractivity contribution is -0.118. The summed E-state index contributed by atoms with van der Waals surface area (Å²) in [7, 11) is 1.59. The normalized spacial score (nSPS) is 24.3. The molecule has 0 amide bonds. The Hall–Kier alpha value is -0.450. The maximum atomic E-state index is 11.2. The molecule has 2 unspecified atom stereocenters. The van der Waals surface area contributed by atoms with Crippen LogP contribution in [0.4, 0.5) is 0 Å². The van der Waals surface area contributed by atoms with Gasteiger partial charge in [-0.05, 0) is 26.3 Å². The number of hydrogen-bond donors (Lipinski definition) is 1. The van der Waals surface area contributed by atoms with Crippen molar-refractivity contribution in [2.45, 2.75) is 44.8 Å². The van der Waals surface area contributed by atoms with Crippen LogP contribution in [-0.2, 0) is 9.53 Å². The molecule has 1 fully saturated rings. The molecule has 1 N–H and O–H groups in total. The highest BCUT2D eigenvalue weighted by atomic mass is 16.5. The van der Waals surface area contributed by atoms with E-state index in [0.29, 0.717) is 25.6 Å². The highest BCUT2D eigenvalue weighted by Crippen LogP contribution is 2.20. The Balaban J connectivity index is 2.43. The van der Waals surface area contributed by atoms with Crippen molar-refractivity contribution < 1.29 is 14.6 Å². The highest BCUT2D eigenvalue weighted by molar-refractivity contribution is 5.76. The predicted octanol–water partition coefficient (Wildman–Crippen LogP) is 0.827. The number of aliphatic hydroxyl groups excluding tert-OH is 1. The summed E-state index contributed by atoms with van der Waals surface area (Å²) in [5.74, 6) is 0.234. The molecule has 2 atom stereocenters. The first-order valence-electron chi connectivity index (χ1n) is 6.04. The minimum Gasteiger partial charge on any atom is -0.389 e. The molecule has 1 aliphatic rings. The molecule has 0 aromatic rings. The first kappa shape index (κ1) is 13.6. The van der Waals surface area contributed by atoms with Crippen molar-refractivity contribution in [3.8, 4) is 0 Å². The zero-order valence-electron chi connectivity index (χ0n) is 10.3. The molecular weight excluding hydrogens is 206 g/mol. The van der Waals surface area contributed by atoms with Crippen molar-refractivity contribution in [2.24, 2.45) is 0 Å². The number of aliphatic hydroxyl groups is 1. The number of hydrogen-bond acceptors (Lipinski definition) is 4. The van der Waals surface area contributed by atoms with Gasteiger partial charge in [-0.3, -0.25) is 9.69 Å². The van der Waals surface area contributed by atoms with Gasteiger partial charge in [0.05, 0.1) is 12.7 Å². The van der Waals surface area contributed by atoms with Gasteiger partial charge in [0.25, 0.3) is 0 Å². The van der Waals surface area contributed by atoms with Gasteiger partial charge in [-0.1, -0.05) is 6.42 Å². The summed E-state index contributed by atoms with van der Waals surface area (Å²) in [6.45, 7) is 3.60. The zero-order chi connectivity index (χ0) is 12.0. The van der Waals surface area contributed by atoms with E-state index in [1.165, 1.54) is 6.42 Å². The molecule has 4 heteroatoms. The largest absolute Gasteiger partial charge is 0.389 e. The lowest BCUT2D eigenvalue weighted by Crippen LogP contribution is -2.45. The fraction of sp³-hybridized carbons (Fsp3) is 0.917. The number of likely N-dealkylation sites (tertiary alicyclic amines) is 1. The maximum Gasteiger partial charge on any atom is 0.131 e. The Labute approximate surface area is 97.6 Å². The molecule has 16 heavy (non-hydrogen) atoms. The fourth-order valence-electron chi connectivity index (χ4n) is 2.38. The second-order valence-electron chi connectivity index (χ2n) is 4.66. The summed E-state index contributed by atoms with van der Waals surface area (Å²) >= 11 is 0. The summed E-state index contributed by atoms with van der Waals surface area (Å²) in [5, 5.41) is 9.70. The SMILES string of the molecule is COCC(O)CN1CCCCC1CC(C)=O. The summed E-state index contributed by atoms with van der Waals surface area (Å²) in [6, 6.07) is 0.317. The van der Waals surface area contributed by atoms with Crippen LogP contribution >= 0.6 is 0 Å². The van der Waals surface area contributed by atoms with E-state index < -0.39 is 6.10 Å². The number of ether oxygens (including phenoxy) is 1. The van der Waals surface area contributed by atoms with Gasteiger partial charge in [-0.2, -0.15) is 0 Å². The number of nitrogens with zero attached hydrogens (tertiary/aromatic N) is 1. The van der Waals surface area contributed by atoms with E-state index in [1.54, 1.807) is 14.0 Å². The third kappa shape index (κ3) is 4.60. The van der Waals surface area contributed by atoms with Crippen molar-refractivity contribution in [3.63, 3.8) is 0 Å². The van der Waals surface area contributed by atoms with Crippen LogP contribution in [0.5, 0.6) is 0 Å². The van der Waals surface area contributed by atoms with E-state index in [4.69, 9.17) is 4.74 Å². The number of carbonyl (C=O) groups is 1. The van der Waals surface area contributed by atoms with Crippen LogP contribution in [-0.4, -0.2) is 54.7 Å². The van der Waals surface area contributed by atoms with E-state index in [2.05, 4.69) is 4.90 Å². The van der Waals surface area contributed by atoms with Crippen LogP contribution in [0.3, 0.4) is 0 Å². The standard InChI is InChI=1S/C12H23NO3/c1-10(14)7-11-5-3-4-6-13(11)8-12(15)9-16-2/h11-12,15H,3-9H2,1-2H3. The molecule has 4 nitrogen and oxygen atoms in total. The van der Waals surface area contributed by atoms with Gasteiger partial charge in [0.15, 0.2) is 0 Å². The van der Waals surface area contributed by atoms with Crippen LogP contribution in [0.25, 0.3) is 0 Å². The van der Waals surface area contributed by atoms with Gasteiger partial charge >= 0.3 is 0 Å². The smallest absolute Gasteiger partial charge is 0.131 e. The van der Waals surface area contributed by atoms with Gasteiger partial charge in [0, 0.05) is 26.1 Å². The maximum absolute atomic E-state index is 11.2. The molecule has 94 valence electrons. The Kier molecular flexibility index (Phi) is 5.95. The topological polar surface area (TPSA) is 49.8 Å². The van der Waals surface area contributed by atoms with Crippen molar-refractivity contribution in [1.29, 1.82) is 0 Å². The van der Waals surface area contributed by atoms with Crippen LogP contribution in [0.2, 0.25) is 0 Å². The number of rotatable bonds is 6. The van der Waals surface area contributed by atoms with E-state index in [0.717, 1.165) is 19.4 Å². The number of Topliss-reactive ketones (excluding diaryl/α,β-unsaturated/α-hetero) is 1. The lowest BCUT2D eigenvalue weighted by Gasteiger charge is -2.36. The average molecular weight is 229 g/mol. The predicted molar refractivity (Wildman–Crippen MR) is 62.4 cm³/mol. The van der Waals surface area contributed by atoms with Gasteiger partial charge < -0.3 is 9.84 Å². The van der Waals surface area contributed by atoms with E-state index >= 15 is 0 Å². The lowest BCUT2D eigenvalue weighted by atomic mass is 9.97. The molecule has 1 aliphatic heterocycles. The Morgan fingerprint density at radius 3 is 2.94 bits per heavy atom. The molecule has 0 aliphatic carbocycles. The van der Waals surface area contributed by atoms with Crippen molar-refractivity contribution in [3.05, 3.63) is 0 Å². The van der Waals surface area contributed by atoms with Gasteiger partial charge in [0.2, 0.25) is 0 Å². The van der Waals surface area contributed by atoms with Gasteiger partial charge in [0.1, 0.15) is 5.78 Å². The van der Waals surface area contributed by atoms with E-state index in [-0.39, 0.29) is 5.78 Å².